The molecule has 0 amide bonds. The number of ether oxygens (including phenoxy) is 1. The van der Waals surface area contributed by atoms with E-state index in [1.165, 1.54) is 31.4 Å². The summed E-state index contributed by atoms with van der Waals surface area (Å²) < 4.78 is 32.1. The summed E-state index contributed by atoms with van der Waals surface area (Å²) in [4.78, 5) is 11.5. The zero-order valence-corrected chi connectivity index (χ0v) is 15.6. The number of anilines is 1. The first-order valence-corrected chi connectivity index (χ1v) is 9.81. The van der Waals surface area contributed by atoms with Gasteiger partial charge in [0, 0.05) is 5.56 Å². The van der Waals surface area contributed by atoms with E-state index in [0.29, 0.717) is 5.01 Å². The summed E-state index contributed by atoms with van der Waals surface area (Å²) in [5.74, 6) is -0.611. The number of sulfonamides is 1. The minimum atomic E-state index is -3.90. The minimum Gasteiger partial charge on any atom is -0.465 e. The fourth-order valence-corrected chi connectivity index (χ4v) is 4.18. The van der Waals surface area contributed by atoms with Gasteiger partial charge in [-0.15, -0.1) is 10.2 Å². The molecule has 0 saturated carbocycles. The summed E-state index contributed by atoms with van der Waals surface area (Å²) >= 11 is 1.12. The Balaban J connectivity index is 1.84. The molecule has 1 heterocycles. The lowest BCUT2D eigenvalue weighted by Gasteiger charge is -2.06. The summed E-state index contributed by atoms with van der Waals surface area (Å²) in [6, 6.07) is 13.3. The van der Waals surface area contributed by atoms with Crippen LogP contribution < -0.4 is 4.72 Å². The molecule has 0 aliphatic carbocycles. The van der Waals surface area contributed by atoms with Gasteiger partial charge in [-0.25, -0.2) is 13.2 Å². The number of methoxy groups -OCH3 is 1. The molecule has 3 aromatic rings. The average molecular weight is 389 g/mol. The Kier molecular flexibility index (Phi) is 5.01. The van der Waals surface area contributed by atoms with Crippen LogP contribution in [0.5, 0.6) is 0 Å². The van der Waals surface area contributed by atoms with Crippen LogP contribution in [0.4, 0.5) is 5.13 Å². The molecule has 7 nitrogen and oxygen atoms in total. The molecule has 0 radical (unpaired) electrons. The van der Waals surface area contributed by atoms with Gasteiger partial charge in [0.15, 0.2) is 0 Å². The normalized spacial score (nSPS) is 11.2. The van der Waals surface area contributed by atoms with Gasteiger partial charge in [-0.2, -0.15) is 0 Å². The molecular weight excluding hydrogens is 374 g/mol. The second-order valence-corrected chi connectivity index (χ2v) is 8.06. The van der Waals surface area contributed by atoms with Crippen LogP contribution in [0.1, 0.15) is 15.9 Å². The lowest BCUT2D eigenvalue weighted by atomic mass is 10.2. The molecule has 0 fully saturated rings. The summed E-state index contributed by atoms with van der Waals surface area (Å²) in [6.45, 7) is 1.98. The van der Waals surface area contributed by atoms with Gasteiger partial charge in [-0.3, -0.25) is 4.72 Å². The van der Waals surface area contributed by atoms with Crippen molar-refractivity contribution in [1.29, 1.82) is 0 Å². The molecular formula is C17H15N3O4S2. The maximum absolute atomic E-state index is 12.5. The Morgan fingerprint density at radius 2 is 1.85 bits per heavy atom. The van der Waals surface area contributed by atoms with Crippen molar-refractivity contribution in [1.82, 2.24) is 10.2 Å². The minimum absolute atomic E-state index is 0.0625. The summed E-state index contributed by atoms with van der Waals surface area (Å²) in [5.41, 5.74) is 2.11. The van der Waals surface area contributed by atoms with Crippen molar-refractivity contribution in [3.05, 3.63) is 59.7 Å². The number of benzene rings is 2. The van der Waals surface area contributed by atoms with Crippen LogP contribution >= 0.6 is 11.3 Å². The second kappa shape index (κ2) is 7.22. The van der Waals surface area contributed by atoms with Crippen LogP contribution in [0.3, 0.4) is 0 Å². The quantitative estimate of drug-likeness (QED) is 0.673. The van der Waals surface area contributed by atoms with E-state index in [0.717, 1.165) is 22.5 Å². The molecule has 1 aromatic heterocycles. The summed E-state index contributed by atoms with van der Waals surface area (Å²) in [7, 11) is -2.67. The summed E-state index contributed by atoms with van der Waals surface area (Å²) in [5, 5.41) is 8.65. The molecule has 2 aromatic carbocycles. The first kappa shape index (κ1) is 18.0. The van der Waals surface area contributed by atoms with Crippen LogP contribution in [-0.4, -0.2) is 31.7 Å². The first-order valence-electron chi connectivity index (χ1n) is 7.51. The molecule has 0 spiro atoms. The third kappa shape index (κ3) is 3.89. The van der Waals surface area contributed by atoms with Crippen LogP contribution in [-0.2, 0) is 14.8 Å². The van der Waals surface area contributed by atoms with Gasteiger partial charge in [0.05, 0.1) is 17.6 Å². The number of carbonyl (C=O) groups is 1. The molecule has 134 valence electrons. The number of hydrogen-bond acceptors (Lipinski definition) is 7. The Hall–Kier alpha value is -2.78. The van der Waals surface area contributed by atoms with E-state index in [4.69, 9.17) is 0 Å². The molecule has 0 bridgehead atoms. The lowest BCUT2D eigenvalue weighted by molar-refractivity contribution is 0.0600. The zero-order chi connectivity index (χ0) is 18.7. The average Bonchev–Trinajstić information content (AvgIpc) is 3.09. The number of hydrogen-bond donors (Lipinski definition) is 1. The predicted molar refractivity (Wildman–Crippen MR) is 98.7 cm³/mol. The highest BCUT2D eigenvalue weighted by atomic mass is 32.2. The van der Waals surface area contributed by atoms with Gasteiger partial charge < -0.3 is 4.74 Å². The van der Waals surface area contributed by atoms with Crippen LogP contribution in [0, 0.1) is 6.92 Å². The van der Waals surface area contributed by atoms with Crippen LogP contribution in [0.25, 0.3) is 10.6 Å². The van der Waals surface area contributed by atoms with E-state index < -0.39 is 16.0 Å². The van der Waals surface area contributed by atoms with Crippen LogP contribution in [0.15, 0.2) is 53.4 Å². The number of carbonyl (C=O) groups excluding carboxylic acids is 1. The van der Waals surface area contributed by atoms with Crippen molar-refractivity contribution in [3.63, 3.8) is 0 Å². The third-order valence-corrected chi connectivity index (χ3v) is 5.86. The van der Waals surface area contributed by atoms with Gasteiger partial charge in [-0.1, -0.05) is 47.2 Å². The van der Waals surface area contributed by atoms with E-state index in [-0.39, 0.29) is 15.6 Å². The van der Waals surface area contributed by atoms with E-state index >= 15 is 0 Å². The topological polar surface area (TPSA) is 98.2 Å². The van der Waals surface area contributed by atoms with Crippen molar-refractivity contribution < 1.29 is 17.9 Å². The molecule has 9 heteroatoms. The standard InChI is InChI=1S/C17H15N3O4S2/c1-11-6-8-12(9-7-11)15-18-19-17(25-15)20-26(22,23)14-5-3-4-13(10-14)16(21)24-2/h3-10H,1-2H3,(H,19,20). The predicted octanol–water partition coefficient (Wildman–Crippen LogP) is 3.10. The second-order valence-electron chi connectivity index (χ2n) is 5.40. The number of aryl methyl sites for hydroxylation is 1. The van der Waals surface area contributed by atoms with Crippen LogP contribution in [0.2, 0.25) is 0 Å². The van der Waals surface area contributed by atoms with Gasteiger partial charge in [0.2, 0.25) is 5.13 Å². The molecule has 0 unspecified atom stereocenters. The molecule has 0 aliphatic rings. The van der Waals surface area contributed by atoms with Crippen molar-refractivity contribution in [2.75, 3.05) is 11.8 Å². The number of aromatic nitrogens is 2. The summed E-state index contributed by atoms with van der Waals surface area (Å²) in [6.07, 6.45) is 0. The van der Waals surface area contributed by atoms with Gasteiger partial charge in [0.1, 0.15) is 5.01 Å². The monoisotopic (exact) mass is 389 g/mol. The Bertz CT molecular complexity index is 1040. The van der Waals surface area contributed by atoms with Crippen molar-refractivity contribution in [2.24, 2.45) is 0 Å². The highest BCUT2D eigenvalue weighted by Crippen LogP contribution is 2.28. The number of esters is 1. The van der Waals surface area contributed by atoms with E-state index in [2.05, 4.69) is 19.7 Å². The smallest absolute Gasteiger partial charge is 0.337 e. The van der Waals surface area contributed by atoms with Crippen molar-refractivity contribution in [2.45, 2.75) is 11.8 Å². The van der Waals surface area contributed by atoms with E-state index in [9.17, 15) is 13.2 Å². The molecule has 1 N–H and O–H groups in total. The first-order chi connectivity index (χ1) is 12.4. The Morgan fingerprint density at radius 1 is 1.12 bits per heavy atom. The largest absolute Gasteiger partial charge is 0.465 e. The number of nitrogens with one attached hydrogen (secondary N) is 1. The maximum atomic E-state index is 12.5. The fraction of sp³-hybridized carbons (Fsp3) is 0.118. The maximum Gasteiger partial charge on any atom is 0.337 e. The highest BCUT2D eigenvalue weighted by molar-refractivity contribution is 7.93. The molecule has 26 heavy (non-hydrogen) atoms. The highest BCUT2D eigenvalue weighted by Gasteiger charge is 2.19. The van der Waals surface area contributed by atoms with Gasteiger partial charge in [-0.05, 0) is 25.1 Å². The third-order valence-electron chi connectivity index (χ3n) is 3.51. The van der Waals surface area contributed by atoms with E-state index in [1.807, 2.05) is 31.2 Å². The molecule has 3 rings (SSSR count). The molecule has 0 aliphatic heterocycles. The van der Waals surface area contributed by atoms with E-state index in [1.54, 1.807) is 0 Å². The number of nitrogens with zero attached hydrogens (tertiary/aromatic N) is 2. The SMILES string of the molecule is COC(=O)c1cccc(S(=O)(=O)Nc2nnc(-c3ccc(C)cc3)s2)c1. The number of rotatable bonds is 5. The Morgan fingerprint density at radius 3 is 2.54 bits per heavy atom. The zero-order valence-electron chi connectivity index (χ0n) is 14.0. The lowest BCUT2D eigenvalue weighted by Crippen LogP contribution is -2.13. The Labute approximate surface area is 154 Å². The van der Waals surface area contributed by atoms with Gasteiger partial charge in [0.25, 0.3) is 10.0 Å². The molecule has 0 atom stereocenters. The fourth-order valence-electron chi connectivity index (χ4n) is 2.16. The van der Waals surface area contributed by atoms with Crippen molar-refractivity contribution in [3.8, 4) is 10.6 Å². The molecule has 0 saturated heterocycles. The van der Waals surface area contributed by atoms with Crippen molar-refractivity contribution >= 4 is 32.5 Å². The van der Waals surface area contributed by atoms with Gasteiger partial charge >= 0.3 is 5.97 Å².